The molecule has 0 saturated carbocycles. The zero-order valence-corrected chi connectivity index (χ0v) is 18.8. The van der Waals surface area contributed by atoms with E-state index in [4.69, 9.17) is 0 Å². The average molecular weight is 462 g/mol. The highest BCUT2D eigenvalue weighted by atomic mass is 32.2. The Morgan fingerprint density at radius 3 is 2.30 bits per heavy atom. The van der Waals surface area contributed by atoms with Crippen molar-refractivity contribution in [1.29, 1.82) is 0 Å². The first kappa shape index (κ1) is 22.3. The van der Waals surface area contributed by atoms with Gasteiger partial charge in [0.05, 0.1) is 10.6 Å². The molecular weight excluding hydrogens is 438 g/mol. The first-order chi connectivity index (χ1) is 15.9. The van der Waals surface area contributed by atoms with Crippen LogP contribution in [0.3, 0.4) is 0 Å². The van der Waals surface area contributed by atoms with E-state index in [9.17, 15) is 18.0 Å². The van der Waals surface area contributed by atoms with Crippen LogP contribution < -0.4 is 15.1 Å². The minimum Gasteiger partial charge on any atom is -0.360 e. The van der Waals surface area contributed by atoms with Crippen molar-refractivity contribution < 1.29 is 13.2 Å². The number of nitrogens with zero attached hydrogens (tertiary/aromatic N) is 1. The summed E-state index contributed by atoms with van der Waals surface area (Å²) in [6.07, 6.45) is 1.35. The van der Waals surface area contributed by atoms with Crippen molar-refractivity contribution in [2.75, 3.05) is 10.8 Å². The number of hydrogen-bond donors (Lipinski definition) is 2. The van der Waals surface area contributed by atoms with E-state index in [1.165, 1.54) is 28.7 Å². The Hall–Kier alpha value is -3.91. The van der Waals surface area contributed by atoms with E-state index < -0.39 is 21.4 Å². The lowest BCUT2D eigenvalue weighted by Gasteiger charge is -2.23. The highest BCUT2D eigenvalue weighted by Gasteiger charge is 2.24. The second-order valence-corrected chi connectivity index (χ2v) is 9.27. The highest BCUT2D eigenvalue weighted by molar-refractivity contribution is 7.92. The van der Waals surface area contributed by atoms with Gasteiger partial charge in [-0.25, -0.2) is 8.42 Å². The number of carbonyl (C=O) groups excluding carboxylic acids is 1. The van der Waals surface area contributed by atoms with Gasteiger partial charge in [-0.3, -0.25) is 13.9 Å². The average Bonchev–Trinajstić information content (AvgIpc) is 2.84. The maximum absolute atomic E-state index is 13.3. The van der Waals surface area contributed by atoms with E-state index in [2.05, 4.69) is 10.3 Å². The van der Waals surface area contributed by atoms with Crippen molar-refractivity contribution >= 4 is 32.5 Å². The summed E-state index contributed by atoms with van der Waals surface area (Å²) in [6, 6.07) is 22.4. The number of nitrogens with one attached hydrogen (secondary N) is 2. The van der Waals surface area contributed by atoms with Crippen LogP contribution in [0.5, 0.6) is 0 Å². The molecule has 1 amide bonds. The molecule has 0 aliphatic rings. The van der Waals surface area contributed by atoms with Gasteiger partial charge >= 0.3 is 0 Å². The molecule has 1 aromatic heterocycles. The molecule has 4 rings (SSSR count). The normalized spacial score (nSPS) is 11.3. The number of carbonyl (C=O) groups is 1. The van der Waals surface area contributed by atoms with Crippen molar-refractivity contribution in [3.63, 3.8) is 0 Å². The summed E-state index contributed by atoms with van der Waals surface area (Å²) in [4.78, 5) is 28.6. The van der Waals surface area contributed by atoms with Gasteiger partial charge in [0.15, 0.2) is 0 Å². The summed E-state index contributed by atoms with van der Waals surface area (Å²) >= 11 is 0. The maximum atomic E-state index is 13.3. The number of para-hydroxylation sites is 1. The summed E-state index contributed by atoms with van der Waals surface area (Å²) in [7, 11) is -3.91. The molecule has 0 spiro atoms. The van der Waals surface area contributed by atoms with Crippen molar-refractivity contribution in [3.8, 4) is 0 Å². The molecular formula is C25H23N3O4S. The Kier molecular flexibility index (Phi) is 6.28. The van der Waals surface area contributed by atoms with Crippen LogP contribution in [0.2, 0.25) is 0 Å². The van der Waals surface area contributed by atoms with E-state index in [0.717, 1.165) is 5.56 Å². The predicted octanol–water partition coefficient (Wildman–Crippen LogP) is 3.67. The number of pyridine rings is 1. The van der Waals surface area contributed by atoms with Gasteiger partial charge < -0.3 is 10.3 Å². The molecule has 3 aromatic carbocycles. The van der Waals surface area contributed by atoms with E-state index in [0.29, 0.717) is 11.2 Å². The van der Waals surface area contributed by atoms with Crippen LogP contribution in [0, 0.1) is 0 Å². The lowest BCUT2D eigenvalue weighted by molar-refractivity contribution is 0.0949. The number of H-pyrrole nitrogens is 1. The monoisotopic (exact) mass is 461 g/mol. The molecule has 0 unspecified atom stereocenters. The molecule has 0 fully saturated rings. The van der Waals surface area contributed by atoms with E-state index in [1.54, 1.807) is 31.2 Å². The van der Waals surface area contributed by atoms with Crippen LogP contribution in [-0.4, -0.2) is 25.9 Å². The molecule has 8 heteroatoms. The third-order valence-electron chi connectivity index (χ3n) is 5.31. The molecule has 7 nitrogen and oxygen atoms in total. The quantitative estimate of drug-likeness (QED) is 0.439. The number of sulfonamides is 1. The number of aromatic amines is 1. The van der Waals surface area contributed by atoms with Crippen LogP contribution in [0.25, 0.3) is 10.9 Å². The molecule has 1 heterocycles. The van der Waals surface area contributed by atoms with Crippen LogP contribution in [0.1, 0.15) is 22.8 Å². The Labute approximate surface area is 191 Å². The number of hydrogen-bond acceptors (Lipinski definition) is 4. The standard InChI is InChI=1S/C25H23N3O4S/c1-2-28(19-11-7-4-8-12-19)33(31,32)20-13-14-23-21(15-20)24(29)22(17-26-23)25(30)27-16-18-9-5-3-6-10-18/h3-15,17H,2,16H2,1H3,(H,26,29)(H,27,30). The predicted molar refractivity (Wildman–Crippen MR) is 129 cm³/mol. The molecule has 0 radical (unpaired) electrons. The minimum absolute atomic E-state index is 0.0203. The molecule has 4 aromatic rings. The number of anilines is 1. The zero-order valence-electron chi connectivity index (χ0n) is 18.0. The molecule has 0 aliphatic heterocycles. The van der Waals surface area contributed by atoms with Gasteiger partial charge in [0.2, 0.25) is 5.43 Å². The van der Waals surface area contributed by atoms with Crippen molar-refractivity contribution in [2.45, 2.75) is 18.4 Å². The smallest absolute Gasteiger partial charge is 0.264 e. The third-order valence-corrected chi connectivity index (χ3v) is 7.21. The lowest BCUT2D eigenvalue weighted by Crippen LogP contribution is -2.31. The van der Waals surface area contributed by atoms with Crippen LogP contribution in [0.15, 0.2) is 94.7 Å². The Morgan fingerprint density at radius 2 is 1.64 bits per heavy atom. The lowest BCUT2D eigenvalue weighted by atomic mass is 10.1. The van der Waals surface area contributed by atoms with Crippen LogP contribution >= 0.6 is 0 Å². The molecule has 0 atom stereocenters. The first-order valence-corrected chi connectivity index (χ1v) is 11.9. The van der Waals surface area contributed by atoms with Gasteiger partial charge in [0.1, 0.15) is 5.56 Å². The van der Waals surface area contributed by atoms with Gasteiger partial charge in [-0.2, -0.15) is 0 Å². The van der Waals surface area contributed by atoms with Gasteiger partial charge in [0.25, 0.3) is 15.9 Å². The molecule has 0 bridgehead atoms. The zero-order chi connectivity index (χ0) is 23.4. The van der Waals surface area contributed by atoms with Crippen LogP contribution in [0.4, 0.5) is 5.69 Å². The fourth-order valence-corrected chi connectivity index (χ4v) is 5.11. The van der Waals surface area contributed by atoms with E-state index >= 15 is 0 Å². The minimum atomic E-state index is -3.91. The van der Waals surface area contributed by atoms with Crippen molar-refractivity contribution in [3.05, 3.63) is 106 Å². The Balaban J connectivity index is 1.69. The maximum Gasteiger partial charge on any atom is 0.264 e. The molecule has 2 N–H and O–H groups in total. The number of fused-ring (bicyclic) bond motifs is 1. The highest BCUT2D eigenvalue weighted by Crippen LogP contribution is 2.24. The largest absolute Gasteiger partial charge is 0.360 e. The fraction of sp³-hybridized carbons (Fsp3) is 0.120. The van der Waals surface area contributed by atoms with E-state index in [-0.39, 0.29) is 28.9 Å². The molecule has 0 saturated heterocycles. The van der Waals surface area contributed by atoms with Gasteiger partial charge in [0, 0.05) is 30.2 Å². The summed E-state index contributed by atoms with van der Waals surface area (Å²) in [5.74, 6) is -0.533. The summed E-state index contributed by atoms with van der Waals surface area (Å²) in [6.45, 7) is 2.24. The first-order valence-electron chi connectivity index (χ1n) is 10.5. The fourth-order valence-electron chi connectivity index (χ4n) is 3.61. The van der Waals surface area contributed by atoms with Crippen molar-refractivity contribution in [1.82, 2.24) is 10.3 Å². The second kappa shape index (κ2) is 9.30. The summed E-state index contributed by atoms with van der Waals surface area (Å²) < 4.78 is 27.9. The van der Waals surface area contributed by atoms with Crippen molar-refractivity contribution in [2.24, 2.45) is 0 Å². The Morgan fingerprint density at radius 1 is 0.970 bits per heavy atom. The summed E-state index contributed by atoms with van der Waals surface area (Å²) in [5, 5.41) is 2.86. The number of aromatic nitrogens is 1. The van der Waals surface area contributed by atoms with Gasteiger partial charge in [-0.15, -0.1) is 0 Å². The number of rotatable bonds is 7. The number of benzene rings is 3. The van der Waals surface area contributed by atoms with Gasteiger partial charge in [-0.05, 0) is 42.8 Å². The SMILES string of the molecule is CCN(c1ccccc1)S(=O)(=O)c1ccc2[nH]cc(C(=O)NCc3ccccc3)c(=O)c2c1. The van der Waals surface area contributed by atoms with Crippen LogP contribution in [-0.2, 0) is 16.6 Å². The summed E-state index contributed by atoms with van der Waals surface area (Å²) in [5.41, 5.74) is 1.26. The number of amides is 1. The Bertz CT molecular complexity index is 1450. The van der Waals surface area contributed by atoms with Gasteiger partial charge in [-0.1, -0.05) is 48.5 Å². The van der Waals surface area contributed by atoms with E-state index in [1.807, 2.05) is 36.4 Å². The second-order valence-electron chi connectivity index (χ2n) is 7.41. The molecule has 33 heavy (non-hydrogen) atoms. The third kappa shape index (κ3) is 4.51. The topological polar surface area (TPSA) is 99.3 Å². The molecule has 168 valence electrons. The molecule has 0 aliphatic carbocycles.